The van der Waals surface area contributed by atoms with Crippen molar-refractivity contribution >= 4 is 39.8 Å². The molecule has 0 bridgehead atoms. The van der Waals surface area contributed by atoms with Crippen LogP contribution >= 0.6 is 11.6 Å². The van der Waals surface area contributed by atoms with Gasteiger partial charge in [0.05, 0.1) is 23.5 Å². The van der Waals surface area contributed by atoms with Crippen molar-refractivity contribution in [1.29, 1.82) is 0 Å². The Bertz CT molecular complexity index is 1470. The van der Waals surface area contributed by atoms with Gasteiger partial charge in [-0.25, -0.2) is 9.97 Å². The zero-order valence-electron chi connectivity index (χ0n) is 22.3. The third-order valence-electron chi connectivity index (χ3n) is 7.97. The number of aliphatic hydroxyl groups is 1. The molecule has 4 aromatic rings. The first-order chi connectivity index (χ1) is 18.3. The van der Waals surface area contributed by atoms with Crippen molar-refractivity contribution in [2.45, 2.75) is 45.1 Å². The maximum Gasteiger partial charge on any atom is 0.227 e. The summed E-state index contributed by atoms with van der Waals surface area (Å²) in [6.45, 7) is 10.2. The van der Waals surface area contributed by atoms with Crippen LogP contribution in [0.2, 0.25) is 5.02 Å². The number of aliphatic hydroxyl groups excluding tert-OH is 1. The van der Waals surface area contributed by atoms with Gasteiger partial charge in [0.1, 0.15) is 0 Å². The molecule has 0 amide bonds. The summed E-state index contributed by atoms with van der Waals surface area (Å²) < 4.78 is 0. The number of benzene rings is 2. The van der Waals surface area contributed by atoms with Gasteiger partial charge in [-0.2, -0.15) is 0 Å². The van der Waals surface area contributed by atoms with E-state index in [0.29, 0.717) is 22.6 Å². The van der Waals surface area contributed by atoms with Crippen molar-refractivity contribution in [3.8, 4) is 11.3 Å². The molecule has 6 rings (SSSR count). The lowest BCUT2D eigenvalue weighted by molar-refractivity contribution is 0.0527. The second-order valence-corrected chi connectivity index (χ2v) is 11.7. The Kier molecular flexibility index (Phi) is 6.54. The maximum atomic E-state index is 9.78. The predicted molar refractivity (Wildman–Crippen MR) is 156 cm³/mol. The van der Waals surface area contributed by atoms with E-state index in [2.05, 4.69) is 82.3 Å². The molecule has 38 heavy (non-hydrogen) atoms. The second-order valence-electron chi connectivity index (χ2n) is 11.3. The molecule has 1 aliphatic heterocycles. The largest absolute Gasteiger partial charge is 0.394 e. The van der Waals surface area contributed by atoms with Gasteiger partial charge in [0.15, 0.2) is 0 Å². The number of fused-ring (bicyclic) bond motifs is 1. The minimum atomic E-state index is -0.193. The van der Waals surface area contributed by atoms with Crippen molar-refractivity contribution in [2.75, 3.05) is 43.0 Å². The molecule has 8 heteroatoms. The highest BCUT2D eigenvalue weighted by Gasteiger charge is 2.30. The Hall–Kier alpha value is -3.13. The number of H-pyrrole nitrogens is 1. The lowest BCUT2D eigenvalue weighted by Gasteiger charge is -2.44. The first-order valence-electron chi connectivity index (χ1n) is 13.4. The third-order valence-corrected chi connectivity index (χ3v) is 8.25. The topological polar surface area (TPSA) is 80.3 Å². The number of rotatable bonds is 7. The fourth-order valence-electron chi connectivity index (χ4n) is 5.39. The van der Waals surface area contributed by atoms with Gasteiger partial charge in [-0.05, 0) is 74.9 Å². The molecule has 3 heterocycles. The number of aromatic amines is 1. The molecular formula is C30H35ClN6O. The van der Waals surface area contributed by atoms with Crippen molar-refractivity contribution in [3.05, 3.63) is 64.9 Å². The summed E-state index contributed by atoms with van der Waals surface area (Å²) in [5, 5.41) is 14.9. The Labute approximate surface area is 228 Å². The fraction of sp³-hybridized carbons (Fsp3) is 0.400. The van der Waals surface area contributed by atoms with E-state index in [4.69, 9.17) is 16.6 Å². The van der Waals surface area contributed by atoms with Gasteiger partial charge in [0.25, 0.3) is 0 Å². The second kappa shape index (κ2) is 9.88. The molecule has 0 atom stereocenters. The van der Waals surface area contributed by atoms with E-state index >= 15 is 0 Å². The summed E-state index contributed by atoms with van der Waals surface area (Å²) in [5.74, 6) is 1.15. The Balaban J connectivity index is 1.27. The number of hydrogen-bond acceptors (Lipinski definition) is 6. The van der Waals surface area contributed by atoms with E-state index < -0.39 is 0 Å². The van der Waals surface area contributed by atoms with E-state index in [1.165, 1.54) is 29.7 Å². The zero-order chi connectivity index (χ0) is 26.4. The molecule has 198 valence electrons. The Morgan fingerprint density at radius 1 is 1.11 bits per heavy atom. The number of nitrogens with zero attached hydrogens (tertiary/aromatic N) is 4. The van der Waals surface area contributed by atoms with Crippen LogP contribution in [-0.4, -0.2) is 63.3 Å². The van der Waals surface area contributed by atoms with E-state index in [9.17, 15) is 5.11 Å². The van der Waals surface area contributed by atoms with Gasteiger partial charge < -0.3 is 20.3 Å². The molecule has 0 radical (unpaired) electrons. The van der Waals surface area contributed by atoms with Crippen molar-refractivity contribution in [3.63, 3.8) is 0 Å². The van der Waals surface area contributed by atoms with Crippen LogP contribution in [0, 0.1) is 6.92 Å². The fourth-order valence-corrected chi connectivity index (χ4v) is 5.59. The molecular weight excluding hydrogens is 496 g/mol. The highest BCUT2D eigenvalue weighted by atomic mass is 35.5. The molecule has 1 aliphatic carbocycles. The number of aryl methyl sites for hydroxylation is 1. The molecule has 2 fully saturated rings. The van der Waals surface area contributed by atoms with Gasteiger partial charge >= 0.3 is 0 Å². The summed E-state index contributed by atoms with van der Waals surface area (Å²) in [6.07, 6.45) is 6.12. The Morgan fingerprint density at radius 2 is 1.89 bits per heavy atom. The van der Waals surface area contributed by atoms with E-state index in [0.717, 1.165) is 48.3 Å². The quantitative estimate of drug-likeness (QED) is 0.268. The normalized spacial score (nSPS) is 16.8. The van der Waals surface area contributed by atoms with Crippen LogP contribution in [0.25, 0.3) is 22.2 Å². The molecule has 2 aromatic carbocycles. The molecule has 2 aromatic heterocycles. The summed E-state index contributed by atoms with van der Waals surface area (Å²) in [4.78, 5) is 17.5. The summed E-state index contributed by atoms with van der Waals surface area (Å²) in [5.41, 5.74) is 7.32. The Morgan fingerprint density at radius 3 is 2.63 bits per heavy atom. The zero-order valence-corrected chi connectivity index (χ0v) is 23.0. The average molecular weight is 531 g/mol. The SMILES string of the molecule is Cc1ccc2c(-c3nc(Nc4cc(C5CC5)cc(N5CCN(C(C)(C)CO)CC5)c4)ncc3Cl)c[nH]c2c1. The van der Waals surface area contributed by atoms with Gasteiger partial charge in [-0.15, -0.1) is 0 Å². The van der Waals surface area contributed by atoms with Crippen LogP contribution in [0.15, 0.2) is 48.8 Å². The van der Waals surface area contributed by atoms with Crippen LogP contribution in [0.5, 0.6) is 0 Å². The molecule has 7 nitrogen and oxygen atoms in total. The van der Waals surface area contributed by atoms with Gasteiger partial charge in [-0.1, -0.05) is 23.7 Å². The number of aromatic nitrogens is 3. The first kappa shape index (κ1) is 25.2. The van der Waals surface area contributed by atoms with Crippen LogP contribution in [-0.2, 0) is 0 Å². The first-order valence-corrected chi connectivity index (χ1v) is 13.8. The van der Waals surface area contributed by atoms with Crippen molar-refractivity contribution in [2.24, 2.45) is 0 Å². The standard InChI is InChI=1S/C30H35ClN6O/c1-19-4-7-24-25(16-32-27(24)12-19)28-26(31)17-33-29(35-28)34-22-13-21(20-5-6-20)14-23(15-22)36-8-10-37(11-9-36)30(2,3)18-38/h4,7,12-17,20,32,38H,5-6,8-11,18H2,1-3H3,(H,33,34,35). The van der Waals surface area contributed by atoms with E-state index in [-0.39, 0.29) is 12.1 Å². The highest BCUT2D eigenvalue weighted by molar-refractivity contribution is 6.33. The molecule has 3 N–H and O–H groups in total. The summed E-state index contributed by atoms with van der Waals surface area (Å²) in [6, 6.07) is 13.1. The van der Waals surface area contributed by atoms with Crippen LogP contribution < -0.4 is 10.2 Å². The minimum absolute atomic E-state index is 0.166. The highest BCUT2D eigenvalue weighted by Crippen LogP contribution is 2.43. The van der Waals surface area contributed by atoms with E-state index in [1.807, 2.05) is 6.20 Å². The number of halogens is 1. The van der Waals surface area contributed by atoms with E-state index in [1.54, 1.807) is 6.20 Å². The summed E-state index contributed by atoms with van der Waals surface area (Å²) >= 11 is 6.59. The van der Waals surface area contributed by atoms with Crippen LogP contribution in [0.1, 0.15) is 43.7 Å². The monoisotopic (exact) mass is 530 g/mol. The smallest absolute Gasteiger partial charge is 0.227 e. The lowest BCUT2D eigenvalue weighted by Crippen LogP contribution is -2.56. The number of hydrogen-bond donors (Lipinski definition) is 3. The van der Waals surface area contributed by atoms with Crippen molar-refractivity contribution < 1.29 is 5.11 Å². The number of piperazine rings is 1. The molecule has 0 unspecified atom stereocenters. The molecule has 2 aliphatic rings. The van der Waals surface area contributed by atoms with Gasteiger partial charge in [0.2, 0.25) is 5.95 Å². The van der Waals surface area contributed by atoms with Crippen LogP contribution in [0.3, 0.4) is 0 Å². The number of anilines is 3. The predicted octanol–water partition coefficient (Wildman–Crippen LogP) is 6.10. The summed E-state index contributed by atoms with van der Waals surface area (Å²) in [7, 11) is 0. The molecule has 1 saturated carbocycles. The van der Waals surface area contributed by atoms with Crippen molar-refractivity contribution in [1.82, 2.24) is 19.9 Å². The molecule has 0 spiro atoms. The third kappa shape index (κ3) is 4.98. The lowest BCUT2D eigenvalue weighted by atomic mass is 10.0. The minimum Gasteiger partial charge on any atom is -0.394 e. The molecule has 1 saturated heterocycles. The number of nitrogens with one attached hydrogen (secondary N) is 2. The van der Waals surface area contributed by atoms with Crippen LogP contribution in [0.4, 0.5) is 17.3 Å². The van der Waals surface area contributed by atoms with Gasteiger partial charge in [-0.3, -0.25) is 4.90 Å². The average Bonchev–Trinajstić information content (AvgIpc) is 3.70. The maximum absolute atomic E-state index is 9.78. The van der Waals surface area contributed by atoms with Gasteiger partial charge in [0, 0.05) is 65.8 Å².